The Labute approximate surface area is 197 Å². The highest BCUT2D eigenvalue weighted by Crippen LogP contribution is 2.43. The van der Waals surface area contributed by atoms with Gasteiger partial charge in [0.05, 0.1) is 15.9 Å². The van der Waals surface area contributed by atoms with Gasteiger partial charge in [-0.15, -0.1) is 11.3 Å². The third-order valence-corrected chi connectivity index (χ3v) is 7.39. The van der Waals surface area contributed by atoms with Crippen molar-refractivity contribution in [3.8, 4) is 22.4 Å². The third kappa shape index (κ3) is 2.88. The second-order valence-corrected chi connectivity index (χ2v) is 9.37. The highest BCUT2D eigenvalue weighted by atomic mass is 35.5. The molecular formula is C28H15ClN2OS. The molecule has 7 rings (SSSR count). The Morgan fingerprint density at radius 3 is 2.42 bits per heavy atom. The first kappa shape index (κ1) is 18.8. The molecule has 0 bridgehead atoms. The number of halogens is 1. The largest absolute Gasteiger partial charge is 0.455 e. The van der Waals surface area contributed by atoms with Crippen LogP contribution >= 0.6 is 22.9 Å². The molecule has 3 heterocycles. The summed E-state index contributed by atoms with van der Waals surface area (Å²) in [6.45, 7) is 0. The van der Waals surface area contributed by atoms with E-state index in [0.717, 1.165) is 59.1 Å². The van der Waals surface area contributed by atoms with E-state index in [1.165, 1.54) is 5.56 Å². The standard InChI is InChI=1S/C28H15ClN2OS/c29-28-30-24(20-11-6-10-19-18-9-4-5-12-22(18)32-26(19)20)27-25(31-28)21-15-17(13-14-23(21)33-27)16-7-2-1-3-8-16/h1-15H. The van der Waals surface area contributed by atoms with Gasteiger partial charge in [-0.3, -0.25) is 0 Å². The van der Waals surface area contributed by atoms with Gasteiger partial charge in [-0.25, -0.2) is 9.97 Å². The number of benzene rings is 4. The average Bonchev–Trinajstić information content (AvgIpc) is 3.42. The summed E-state index contributed by atoms with van der Waals surface area (Å²) in [5.41, 5.74) is 6.60. The van der Waals surface area contributed by atoms with Crippen LogP contribution in [0.3, 0.4) is 0 Å². The number of nitrogens with zero attached hydrogens (tertiary/aromatic N) is 2. The highest BCUT2D eigenvalue weighted by molar-refractivity contribution is 7.26. The van der Waals surface area contributed by atoms with E-state index >= 15 is 0 Å². The Kier molecular flexibility index (Phi) is 4.07. The van der Waals surface area contributed by atoms with E-state index in [2.05, 4.69) is 64.6 Å². The molecule has 7 aromatic rings. The van der Waals surface area contributed by atoms with E-state index in [-0.39, 0.29) is 5.28 Å². The van der Waals surface area contributed by atoms with Gasteiger partial charge >= 0.3 is 0 Å². The Morgan fingerprint density at radius 1 is 0.697 bits per heavy atom. The van der Waals surface area contributed by atoms with Gasteiger partial charge in [-0.2, -0.15) is 0 Å². The molecule has 0 radical (unpaired) electrons. The molecule has 0 aliphatic carbocycles. The van der Waals surface area contributed by atoms with Gasteiger partial charge in [-0.1, -0.05) is 66.7 Å². The van der Waals surface area contributed by atoms with Crippen LogP contribution in [-0.2, 0) is 0 Å². The molecule has 3 nitrogen and oxygen atoms in total. The van der Waals surface area contributed by atoms with Gasteiger partial charge in [0.2, 0.25) is 5.28 Å². The van der Waals surface area contributed by atoms with E-state index < -0.39 is 0 Å². The average molecular weight is 463 g/mol. The lowest BCUT2D eigenvalue weighted by Gasteiger charge is -2.04. The number of hydrogen-bond donors (Lipinski definition) is 0. The zero-order valence-corrected chi connectivity index (χ0v) is 18.8. The molecule has 0 saturated heterocycles. The normalized spacial score (nSPS) is 11.8. The molecule has 0 fully saturated rings. The topological polar surface area (TPSA) is 38.9 Å². The molecule has 0 aliphatic rings. The van der Waals surface area contributed by atoms with Crippen LogP contribution in [0.1, 0.15) is 0 Å². The maximum absolute atomic E-state index is 6.47. The summed E-state index contributed by atoms with van der Waals surface area (Å²) in [5, 5.41) is 3.47. The van der Waals surface area contributed by atoms with Crippen LogP contribution in [0, 0.1) is 0 Å². The minimum Gasteiger partial charge on any atom is -0.455 e. The van der Waals surface area contributed by atoms with Gasteiger partial charge < -0.3 is 4.42 Å². The number of rotatable bonds is 2. The van der Waals surface area contributed by atoms with E-state index in [1.54, 1.807) is 11.3 Å². The smallest absolute Gasteiger partial charge is 0.223 e. The maximum atomic E-state index is 6.47. The van der Waals surface area contributed by atoms with Crippen molar-refractivity contribution in [1.29, 1.82) is 0 Å². The zero-order chi connectivity index (χ0) is 21.9. The lowest BCUT2D eigenvalue weighted by Crippen LogP contribution is -1.89. The zero-order valence-electron chi connectivity index (χ0n) is 17.2. The summed E-state index contributed by atoms with van der Waals surface area (Å²) in [4.78, 5) is 9.31. The predicted octanol–water partition coefficient (Wildman–Crippen LogP) is 8.73. The van der Waals surface area contributed by atoms with Crippen molar-refractivity contribution in [2.75, 3.05) is 0 Å². The first-order chi connectivity index (χ1) is 16.3. The van der Waals surface area contributed by atoms with Crippen molar-refractivity contribution in [3.63, 3.8) is 0 Å². The number of thiophene rings is 1. The number of para-hydroxylation sites is 2. The van der Waals surface area contributed by atoms with Crippen LogP contribution in [0.2, 0.25) is 5.28 Å². The first-order valence-electron chi connectivity index (χ1n) is 10.6. The van der Waals surface area contributed by atoms with Gasteiger partial charge in [0.15, 0.2) is 0 Å². The van der Waals surface area contributed by atoms with E-state index in [9.17, 15) is 0 Å². The molecule has 0 saturated carbocycles. The summed E-state index contributed by atoms with van der Waals surface area (Å²) in [6.07, 6.45) is 0. The fourth-order valence-electron chi connectivity index (χ4n) is 4.54. The van der Waals surface area contributed by atoms with Crippen LogP contribution < -0.4 is 0 Å². The van der Waals surface area contributed by atoms with Gasteiger partial charge in [0.1, 0.15) is 11.2 Å². The number of aromatic nitrogens is 2. The van der Waals surface area contributed by atoms with E-state index in [4.69, 9.17) is 16.0 Å². The van der Waals surface area contributed by atoms with E-state index in [0.29, 0.717) is 0 Å². The van der Waals surface area contributed by atoms with E-state index in [1.807, 2.05) is 36.4 Å². The summed E-state index contributed by atoms with van der Waals surface area (Å²) in [5.74, 6) is 0. The fraction of sp³-hybridized carbons (Fsp3) is 0. The second kappa shape index (κ2) is 7.14. The lowest BCUT2D eigenvalue weighted by molar-refractivity contribution is 0.670. The van der Waals surface area contributed by atoms with Crippen molar-refractivity contribution in [1.82, 2.24) is 9.97 Å². The van der Waals surface area contributed by atoms with Crippen molar-refractivity contribution >= 4 is 65.2 Å². The lowest BCUT2D eigenvalue weighted by atomic mass is 10.0. The van der Waals surface area contributed by atoms with Crippen molar-refractivity contribution in [2.45, 2.75) is 0 Å². The van der Waals surface area contributed by atoms with Crippen LogP contribution in [0.5, 0.6) is 0 Å². The van der Waals surface area contributed by atoms with Gasteiger partial charge in [-0.05, 0) is 47.0 Å². The molecule has 0 atom stereocenters. The molecule has 0 N–H and O–H groups in total. The maximum Gasteiger partial charge on any atom is 0.223 e. The van der Waals surface area contributed by atoms with Crippen LogP contribution in [-0.4, -0.2) is 9.97 Å². The SMILES string of the molecule is Clc1nc(-c2cccc3c2oc2ccccc23)c2sc3ccc(-c4ccccc4)cc3c2n1. The molecule has 3 aromatic heterocycles. The highest BCUT2D eigenvalue weighted by Gasteiger charge is 2.19. The van der Waals surface area contributed by atoms with Gasteiger partial charge in [0.25, 0.3) is 0 Å². The number of hydrogen-bond acceptors (Lipinski definition) is 4. The van der Waals surface area contributed by atoms with Crippen molar-refractivity contribution in [3.05, 3.63) is 96.3 Å². The molecule has 0 aliphatic heterocycles. The molecule has 5 heteroatoms. The molecule has 0 amide bonds. The quantitative estimate of drug-likeness (QED) is 0.241. The number of furan rings is 1. The fourth-order valence-corrected chi connectivity index (χ4v) is 5.84. The summed E-state index contributed by atoms with van der Waals surface area (Å²) in [7, 11) is 0. The summed E-state index contributed by atoms with van der Waals surface area (Å²) >= 11 is 8.16. The van der Waals surface area contributed by atoms with Crippen molar-refractivity contribution in [2.24, 2.45) is 0 Å². The first-order valence-corrected chi connectivity index (χ1v) is 11.8. The molecule has 156 valence electrons. The minimum absolute atomic E-state index is 0.232. The Hall–Kier alpha value is -3.73. The predicted molar refractivity (Wildman–Crippen MR) is 138 cm³/mol. The van der Waals surface area contributed by atoms with Crippen LogP contribution in [0.15, 0.2) is 95.4 Å². The molecule has 33 heavy (non-hydrogen) atoms. The minimum atomic E-state index is 0.232. The molecule has 0 spiro atoms. The second-order valence-electron chi connectivity index (χ2n) is 7.98. The Bertz CT molecular complexity index is 1840. The van der Waals surface area contributed by atoms with Crippen LogP contribution in [0.4, 0.5) is 0 Å². The summed E-state index contributed by atoms with van der Waals surface area (Å²) in [6, 6.07) is 31.1. The molecule has 0 unspecified atom stereocenters. The van der Waals surface area contributed by atoms with Gasteiger partial charge in [0, 0.05) is 26.4 Å². The third-order valence-electron chi connectivity index (χ3n) is 6.05. The number of fused-ring (bicyclic) bond motifs is 6. The Balaban J connectivity index is 1.53. The van der Waals surface area contributed by atoms with Crippen LogP contribution in [0.25, 0.3) is 64.6 Å². The Morgan fingerprint density at radius 2 is 1.52 bits per heavy atom. The van der Waals surface area contributed by atoms with Crippen molar-refractivity contribution < 1.29 is 4.42 Å². The molecular weight excluding hydrogens is 448 g/mol. The monoisotopic (exact) mass is 462 g/mol. The summed E-state index contributed by atoms with van der Waals surface area (Å²) < 4.78 is 8.44. The molecule has 4 aromatic carbocycles.